The quantitative estimate of drug-likeness (QED) is 0.455. The van der Waals surface area contributed by atoms with Gasteiger partial charge in [-0.15, -0.1) is 0 Å². The van der Waals surface area contributed by atoms with Gasteiger partial charge in [-0.3, -0.25) is 4.79 Å². The highest BCUT2D eigenvalue weighted by atomic mass is 35.5. The number of benzene rings is 1. The number of anilines is 1. The molecule has 0 fully saturated rings. The van der Waals surface area contributed by atoms with Crippen LogP contribution in [-0.2, 0) is 4.79 Å². The lowest BCUT2D eigenvalue weighted by atomic mass is 10.2. The van der Waals surface area contributed by atoms with E-state index in [0.717, 1.165) is 13.0 Å². The molecule has 0 saturated carbocycles. The van der Waals surface area contributed by atoms with Gasteiger partial charge in [-0.2, -0.15) is 5.26 Å². The molecule has 1 aromatic carbocycles. The molecule has 0 saturated heterocycles. The Balaban J connectivity index is 2.61. The summed E-state index contributed by atoms with van der Waals surface area (Å²) in [6.45, 7) is 1.60. The van der Waals surface area contributed by atoms with Gasteiger partial charge in [-0.25, -0.2) is 0 Å². The predicted octanol–water partition coefficient (Wildman–Crippen LogP) is 2.88. The Kier molecular flexibility index (Phi) is 7.75. The van der Waals surface area contributed by atoms with E-state index in [9.17, 15) is 4.79 Å². The number of nitrogens with zero attached hydrogens (tertiary/aromatic N) is 2. The van der Waals surface area contributed by atoms with Crippen LogP contribution in [0.5, 0.6) is 0 Å². The highest BCUT2D eigenvalue weighted by Gasteiger charge is 2.12. The lowest BCUT2D eigenvalue weighted by molar-refractivity contribution is -0.112. The third-order valence-corrected chi connectivity index (χ3v) is 3.56. The van der Waals surface area contributed by atoms with Crippen molar-refractivity contribution in [3.05, 3.63) is 40.0 Å². The maximum absolute atomic E-state index is 12.0. The summed E-state index contributed by atoms with van der Waals surface area (Å²) in [6.07, 6.45) is 2.31. The summed E-state index contributed by atoms with van der Waals surface area (Å²) in [5.41, 5.74) is 0.341. The summed E-state index contributed by atoms with van der Waals surface area (Å²) in [6, 6.07) is 6.76. The third kappa shape index (κ3) is 5.94. The first kappa shape index (κ1) is 18.3. The molecule has 0 heterocycles. The van der Waals surface area contributed by atoms with E-state index in [0.29, 0.717) is 17.3 Å². The van der Waals surface area contributed by atoms with Crippen molar-refractivity contribution in [3.8, 4) is 6.07 Å². The molecule has 0 aliphatic heterocycles. The molecule has 1 amide bonds. The average Bonchev–Trinajstić information content (AvgIpc) is 2.47. The Morgan fingerprint density at radius 2 is 2.14 bits per heavy atom. The van der Waals surface area contributed by atoms with Crippen LogP contribution in [0.1, 0.15) is 6.42 Å². The number of carbonyl (C=O) groups excluding carboxylic acids is 1. The standard InChI is InChI=1S/C15H18Cl2N4O/c1-21(2)8-4-7-19-10-11(9-18)15(22)20-13-6-3-5-12(16)14(13)17/h3,5-6,10,19H,4,7-8H2,1-2H3,(H,20,22)/b11-10-. The lowest BCUT2D eigenvalue weighted by Gasteiger charge is -2.09. The first-order valence-corrected chi connectivity index (χ1v) is 7.45. The second-order valence-corrected chi connectivity index (χ2v) is 5.62. The van der Waals surface area contributed by atoms with Crippen LogP contribution in [0.2, 0.25) is 10.0 Å². The minimum Gasteiger partial charge on any atom is -0.390 e. The molecule has 1 rings (SSSR count). The number of hydrogen-bond donors (Lipinski definition) is 2. The number of amides is 1. The minimum absolute atomic E-state index is 0.0269. The fourth-order valence-electron chi connectivity index (χ4n) is 1.61. The molecular formula is C15H18Cl2N4O. The van der Waals surface area contributed by atoms with Crippen molar-refractivity contribution in [1.82, 2.24) is 10.2 Å². The van der Waals surface area contributed by atoms with E-state index < -0.39 is 5.91 Å². The second-order valence-electron chi connectivity index (χ2n) is 4.84. The first-order valence-electron chi connectivity index (χ1n) is 6.69. The van der Waals surface area contributed by atoms with Crippen molar-refractivity contribution >= 4 is 34.8 Å². The summed E-state index contributed by atoms with van der Waals surface area (Å²) in [4.78, 5) is 14.1. The highest BCUT2D eigenvalue weighted by Crippen LogP contribution is 2.29. The molecule has 0 unspecified atom stereocenters. The summed E-state index contributed by atoms with van der Waals surface area (Å²) >= 11 is 11.9. The molecule has 0 atom stereocenters. The van der Waals surface area contributed by atoms with Gasteiger partial charge in [0.1, 0.15) is 11.6 Å². The Hall–Kier alpha value is -1.74. The van der Waals surface area contributed by atoms with Gasteiger partial charge in [-0.1, -0.05) is 29.3 Å². The summed E-state index contributed by atoms with van der Waals surface area (Å²) in [7, 11) is 3.97. The molecular weight excluding hydrogens is 323 g/mol. The number of halogens is 2. The van der Waals surface area contributed by atoms with Crippen LogP contribution in [0.25, 0.3) is 0 Å². The van der Waals surface area contributed by atoms with E-state index in [1.54, 1.807) is 18.2 Å². The number of hydrogen-bond acceptors (Lipinski definition) is 4. The molecule has 0 aromatic heterocycles. The SMILES string of the molecule is CN(C)CCCN/C=C(/C#N)C(=O)Nc1cccc(Cl)c1Cl. The molecule has 118 valence electrons. The van der Waals surface area contributed by atoms with Gasteiger partial charge in [0.2, 0.25) is 0 Å². The predicted molar refractivity (Wildman–Crippen MR) is 90.0 cm³/mol. The summed E-state index contributed by atoms with van der Waals surface area (Å²) < 4.78 is 0. The topological polar surface area (TPSA) is 68.2 Å². The maximum Gasteiger partial charge on any atom is 0.267 e. The van der Waals surface area contributed by atoms with Crippen LogP contribution < -0.4 is 10.6 Å². The monoisotopic (exact) mass is 340 g/mol. The Bertz CT molecular complexity index is 594. The minimum atomic E-state index is -0.535. The molecule has 0 bridgehead atoms. The zero-order valence-corrected chi connectivity index (χ0v) is 14.0. The molecule has 1 aromatic rings. The fraction of sp³-hybridized carbons (Fsp3) is 0.333. The van der Waals surface area contributed by atoms with E-state index >= 15 is 0 Å². The highest BCUT2D eigenvalue weighted by molar-refractivity contribution is 6.44. The van der Waals surface area contributed by atoms with Crippen LogP contribution in [0, 0.1) is 11.3 Å². The summed E-state index contributed by atoms with van der Waals surface area (Å²) in [5.74, 6) is -0.535. The normalized spacial score (nSPS) is 11.2. The number of carbonyl (C=O) groups is 1. The van der Waals surface area contributed by atoms with Crippen molar-refractivity contribution in [2.24, 2.45) is 0 Å². The van der Waals surface area contributed by atoms with Crippen molar-refractivity contribution in [2.75, 3.05) is 32.5 Å². The zero-order chi connectivity index (χ0) is 16.5. The molecule has 0 radical (unpaired) electrons. The second kappa shape index (κ2) is 9.31. The smallest absolute Gasteiger partial charge is 0.267 e. The van der Waals surface area contributed by atoms with Crippen molar-refractivity contribution < 1.29 is 4.79 Å². The number of nitriles is 1. The molecule has 0 spiro atoms. The van der Waals surface area contributed by atoms with Gasteiger partial charge in [0.05, 0.1) is 15.7 Å². The van der Waals surface area contributed by atoms with E-state index in [2.05, 4.69) is 15.5 Å². The number of rotatable bonds is 7. The molecule has 2 N–H and O–H groups in total. The van der Waals surface area contributed by atoms with Gasteiger partial charge in [0, 0.05) is 12.7 Å². The molecule has 5 nitrogen and oxygen atoms in total. The summed E-state index contributed by atoms with van der Waals surface area (Å²) in [5, 5.41) is 15.2. The van der Waals surface area contributed by atoms with Gasteiger partial charge >= 0.3 is 0 Å². The van der Waals surface area contributed by atoms with E-state index in [1.165, 1.54) is 6.20 Å². The van der Waals surface area contributed by atoms with E-state index in [4.69, 9.17) is 28.5 Å². The Labute approximate surface area is 140 Å². The molecule has 22 heavy (non-hydrogen) atoms. The first-order chi connectivity index (χ1) is 10.5. The van der Waals surface area contributed by atoms with Crippen molar-refractivity contribution in [1.29, 1.82) is 5.26 Å². The van der Waals surface area contributed by atoms with Crippen LogP contribution in [0.4, 0.5) is 5.69 Å². The molecule has 0 aliphatic rings. The van der Waals surface area contributed by atoms with Crippen molar-refractivity contribution in [2.45, 2.75) is 6.42 Å². The van der Waals surface area contributed by atoms with Gasteiger partial charge in [0.15, 0.2) is 0 Å². The van der Waals surface area contributed by atoms with Crippen LogP contribution in [0.15, 0.2) is 30.0 Å². The Morgan fingerprint density at radius 3 is 2.77 bits per heavy atom. The van der Waals surface area contributed by atoms with Crippen LogP contribution in [-0.4, -0.2) is 38.0 Å². The van der Waals surface area contributed by atoms with Gasteiger partial charge in [-0.05, 0) is 39.2 Å². The van der Waals surface area contributed by atoms with Crippen molar-refractivity contribution in [3.63, 3.8) is 0 Å². The van der Waals surface area contributed by atoms with Crippen LogP contribution in [0.3, 0.4) is 0 Å². The van der Waals surface area contributed by atoms with E-state index in [-0.39, 0.29) is 10.6 Å². The van der Waals surface area contributed by atoms with E-state index in [1.807, 2.05) is 20.2 Å². The van der Waals surface area contributed by atoms with Crippen LogP contribution >= 0.6 is 23.2 Å². The zero-order valence-electron chi connectivity index (χ0n) is 12.5. The Morgan fingerprint density at radius 1 is 1.41 bits per heavy atom. The maximum atomic E-state index is 12.0. The van der Waals surface area contributed by atoms with Gasteiger partial charge in [0.25, 0.3) is 5.91 Å². The molecule has 0 aliphatic carbocycles. The third-order valence-electron chi connectivity index (χ3n) is 2.74. The average molecular weight is 341 g/mol. The fourth-order valence-corrected chi connectivity index (χ4v) is 1.96. The molecule has 7 heteroatoms. The largest absolute Gasteiger partial charge is 0.390 e. The van der Waals surface area contributed by atoms with Gasteiger partial charge < -0.3 is 15.5 Å². The number of nitrogens with one attached hydrogen (secondary N) is 2. The lowest BCUT2D eigenvalue weighted by Crippen LogP contribution is -2.20.